The molecule has 4 rings (SSSR count). The van der Waals surface area contributed by atoms with Gasteiger partial charge in [-0.05, 0) is 12.8 Å². The molecule has 0 spiro atoms. The lowest BCUT2D eigenvalue weighted by molar-refractivity contribution is 0.171. The lowest BCUT2D eigenvalue weighted by Crippen LogP contribution is -2.16. The molecule has 0 N–H and O–H groups in total. The van der Waals surface area contributed by atoms with Gasteiger partial charge in [0.25, 0.3) is 0 Å². The molecule has 0 bridgehead atoms. The SMILES string of the molecule is O=S(=O)(Cc1csc(C2CC2)n1)c1cc2c(cc1Cl)OCCO2. The van der Waals surface area contributed by atoms with E-state index in [9.17, 15) is 8.42 Å². The van der Waals surface area contributed by atoms with Crippen LogP contribution in [0.1, 0.15) is 29.5 Å². The molecule has 1 saturated carbocycles. The Bertz CT molecular complexity index is 858. The third kappa shape index (κ3) is 3.05. The van der Waals surface area contributed by atoms with Crippen LogP contribution in [0.5, 0.6) is 11.5 Å². The van der Waals surface area contributed by atoms with E-state index in [0.29, 0.717) is 36.3 Å². The number of hydrogen-bond acceptors (Lipinski definition) is 6. The quantitative estimate of drug-likeness (QED) is 0.823. The summed E-state index contributed by atoms with van der Waals surface area (Å²) in [6, 6.07) is 2.94. The first-order valence-corrected chi connectivity index (χ1v) is 10.2. The number of aromatic nitrogens is 1. The number of thiazole rings is 1. The summed E-state index contributed by atoms with van der Waals surface area (Å²) in [5, 5.41) is 2.99. The van der Waals surface area contributed by atoms with Gasteiger partial charge in [-0.15, -0.1) is 11.3 Å². The largest absolute Gasteiger partial charge is 0.486 e. The van der Waals surface area contributed by atoms with Crippen LogP contribution in [-0.4, -0.2) is 26.6 Å². The van der Waals surface area contributed by atoms with Crippen molar-refractivity contribution in [1.82, 2.24) is 4.98 Å². The van der Waals surface area contributed by atoms with Crippen molar-refractivity contribution in [3.8, 4) is 11.5 Å². The van der Waals surface area contributed by atoms with Crippen molar-refractivity contribution in [3.63, 3.8) is 0 Å². The van der Waals surface area contributed by atoms with E-state index >= 15 is 0 Å². The zero-order chi connectivity index (χ0) is 16.0. The minimum absolute atomic E-state index is 0.0596. The molecule has 0 atom stereocenters. The zero-order valence-electron chi connectivity index (χ0n) is 12.1. The number of benzene rings is 1. The Morgan fingerprint density at radius 3 is 2.61 bits per heavy atom. The molecular weight excluding hydrogens is 358 g/mol. The smallest absolute Gasteiger partial charge is 0.185 e. The second kappa shape index (κ2) is 5.65. The van der Waals surface area contributed by atoms with Gasteiger partial charge in [-0.3, -0.25) is 0 Å². The summed E-state index contributed by atoms with van der Waals surface area (Å²) < 4.78 is 36.2. The van der Waals surface area contributed by atoms with Crippen LogP contribution < -0.4 is 9.47 Å². The fraction of sp³-hybridized carbons (Fsp3) is 0.400. The predicted octanol–water partition coefficient (Wildman–Crippen LogP) is 3.42. The average molecular weight is 372 g/mol. The highest BCUT2D eigenvalue weighted by Gasteiger charge is 2.28. The van der Waals surface area contributed by atoms with Crippen LogP contribution in [0.25, 0.3) is 0 Å². The highest BCUT2D eigenvalue weighted by Crippen LogP contribution is 2.42. The maximum absolute atomic E-state index is 12.7. The van der Waals surface area contributed by atoms with Gasteiger partial charge >= 0.3 is 0 Å². The van der Waals surface area contributed by atoms with Crippen molar-refractivity contribution >= 4 is 32.8 Å². The van der Waals surface area contributed by atoms with Gasteiger partial charge in [0, 0.05) is 23.4 Å². The lowest BCUT2D eigenvalue weighted by Gasteiger charge is -2.19. The number of fused-ring (bicyclic) bond motifs is 1. The molecule has 5 nitrogen and oxygen atoms in total. The minimum atomic E-state index is -3.59. The Kier molecular flexibility index (Phi) is 3.74. The van der Waals surface area contributed by atoms with Crippen molar-refractivity contribution in [1.29, 1.82) is 0 Å². The maximum atomic E-state index is 12.7. The Morgan fingerprint density at radius 2 is 1.91 bits per heavy atom. The van der Waals surface area contributed by atoms with Crippen molar-refractivity contribution < 1.29 is 17.9 Å². The van der Waals surface area contributed by atoms with Crippen LogP contribution in [0.3, 0.4) is 0 Å². The highest BCUT2D eigenvalue weighted by molar-refractivity contribution is 7.90. The van der Waals surface area contributed by atoms with Crippen molar-refractivity contribution in [2.75, 3.05) is 13.2 Å². The van der Waals surface area contributed by atoms with Gasteiger partial charge in [-0.2, -0.15) is 0 Å². The highest BCUT2D eigenvalue weighted by atomic mass is 35.5. The average Bonchev–Trinajstić information content (AvgIpc) is 3.27. The zero-order valence-corrected chi connectivity index (χ0v) is 14.5. The third-order valence-electron chi connectivity index (χ3n) is 3.77. The molecule has 0 saturated heterocycles. The summed E-state index contributed by atoms with van der Waals surface area (Å²) in [5.74, 6) is 1.26. The number of hydrogen-bond donors (Lipinski definition) is 0. The summed E-state index contributed by atoms with van der Waals surface area (Å²) in [6.07, 6.45) is 2.29. The molecular formula is C15H14ClNO4S2. The van der Waals surface area contributed by atoms with E-state index in [1.54, 1.807) is 0 Å². The van der Waals surface area contributed by atoms with Gasteiger partial charge in [0.2, 0.25) is 0 Å². The Morgan fingerprint density at radius 1 is 1.22 bits per heavy atom. The summed E-state index contributed by atoms with van der Waals surface area (Å²) in [5.41, 5.74) is 0.572. The number of halogens is 1. The summed E-state index contributed by atoms with van der Waals surface area (Å²) in [6.45, 7) is 0.823. The van der Waals surface area contributed by atoms with Crippen LogP contribution in [0.2, 0.25) is 5.02 Å². The van der Waals surface area contributed by atoms with Crippen LogP contribution in [-0.2, 0) is 15.6 Å². The van der Waals surface area contributed by atoms with E-state index in [-0.39, 0.29) is 15.7 Å². The third-order valence-corrected chi connectivity index (χ3v) is 6.93. The topological polar surface area (TPSA) is 65.5 Å². The van der Waals surface area contributed by atoms with Gasteiger partial charge in [0.1, 0.15) is 13.2 Å². The van der Waals surface area contributed by atoms with Crippen LogP contribution >= 0.6 is 22.9 Å². The van der Waals surface area contributed by atoms with Crippen molar-refractivity contribution in [2.45, 2.75) is 29.4 Å². The molecule has 1 aliphatic carbocycles. The second-order valence-corrected chi connectivity index (χ2v) is 8.89. The Labute approximate surface area is 143 Å². The molecule has 0 amide bonds. The molecule has 2 aliphatic rings. The molecule has 0 unspecified atom stereocenters. The number of ether oxygens (including phenoxy) is 2. The van der Waals surface area contributed by atoms with Crippen LogP contribution in [0, 0.1) is 0 Å². The molecule has 23 heavy (non-hydrogen) atoms. The number of nitrogens with zero attached hydrogens (tertiary/aromatic N) is 1. The van der Waals surface area contributed by atoms with Gasteiger partial charge in [-0.25, -0.2) is 13.4 Å². The van der Waals surface area contributed by atoms with Gasteiger partial charge in [0.15, 0.2) is 21.3 Å². The standard InChI is InChI=1S/C15H14ClNO4S2/c16-11-5-12-13(21-4-3-20-12)6-14(11)23(18,19)8-10-7-22-15(17-10)9-1-2-9/h5-7,9H,1-4,8H2. The summed E-state index contributed by atoms with van der Waals surface area (Å²) in [4.78, 5) is 4.50. The molecule has 122 valence electrons. The molecule has 0 radical (unpaired) electrons. The Hall–Kier alpha value is -1.31. The molecule has 1 aromatic carbocycles. The first kappa shape index (κ1) is 15.2. The summed E-state index contributed by atoms with van der Waals surface area (Å²) in [7, 11) is -3.59. The van der Waals surface area contributed by atoms with Crippen molar-refractivity contribution in [3.05, 3.63) is 33.2 Å². The lowest BCUT2D eigenvalue weighted by atomic mass is 10.3. The normalized spacial score (nSPS) is 17.3. The van der Waals surface area contributed by atoms with Gasteiger partial charge in [0.05, 0.1) is 26.4 Å². The Balaban J connectivity index is 1.64. The fourth-order valence-electron chi connectivity index (χ4n) is 2.46. The molecule has 1 aromatic heterocycles. The van der Waals surface area contributed by atoms with E-state index in [1.807, 2.05) is 5.38 Å². The predicted molar refractivity (Wildman–Crippen MR) is 87.4 cm³/mol. The molecule has 8 heteroatoms. The number of rotatable bonds is 4. The van der Waals surface area contributed by atoms with E-state index in [4.69, 9.17) is 21.1 Å². The molecule has 2 aromatic rings. The van der Waals surface area contributed by atoms with E-state index < -0.39 is 9.84 Å². The first-order chi connectivity index (χ1) is 11.0. The molecule has 1 fully saturated rings. The van der Waals surface area contributed by atoms with Crippen LogP contribution in [0.4, 0.5) is 0 Å². The van der Waals surface area contributed by atoms with Gasteiger partial charge < -0.3 is 9.47 Å². The van der Waals surface area contributed by atoms with E-state index in [0.717, 1.165) is 17.8 Å². The monoisotopic (exact) mass is 371 g/mol. The minimum Gasteiger partial charge on any atom is -0.486 e. The van der Waals surface area contributed by atoms with Gasteiger partial charge in [-0.1, -0.05) is 11.6 Å². The first-order valence-electron chi connectivity index (χ1n) is 7.29. The van der Waals surface area contributed by atoms with Crippen molar-refractivity contribution in [2.24, 2.45) is 0 Å². The maximum Gasteiger partial charge on any atom is 0.185 e. The molecule has 1 aliphatic heterocycles. The second-order valence-electron chi connectivity index (χ2n) is 5.64. The van der Waals surface area contributed by atoms with E-state index in [1.165, 1.54) is 23.5 Å². The van der Waals surface area contributed by atoms with Crippen LogP contribution in [0.15, 0.2) is 22.4 Å². The molecule has 2 heterocycles. The number of sulfone groups is 1. The van der Waals surface area contributed by atoms with E-state index in [2.05, 4.69) is 4.98 Å². The fourth-order valence-corrected chi connectivity index (χ4v) is 5.40. The summed E-state index contributed by atoms with van der Waals surface area (Å²) >= 11 is 7.67.